The number of esters is 1. The normalized spacial score (nSPS) is 13.9. The Morgan fingerprint density at radius 2 is 1.89 bits per heavy atom. The van der Waals surface area contributed by atoms with E-state index in [9.17, 15) is 9.59 Å². The molecule has 27 heavy (non-hydrogen) atoms. The molecule has 0 spiro atoms. The highest BCUT2D eigenvalue weighted by molar-refractivity contribution is 7.13. The highest BCUT2D eigenvalue weighted by Gasteiger charge is 2.22. The first-order valence-corrected chi connectivity index (χ1v) is 9.68. The van der Waals surface area contributed by atoms with Crippen molar-refractivity contribution in [1.29, 1.82) is 0 Å². The molecule has 2 heterocycles. The summed E-state index contributed by atoms with van der Waals surface area (Å²) in [5.74, 6) is 0.707. The fourth-order valence-electron chi connectivity index (χ4n) is 2.85. The van der Waals surface area contributed by atoms with Gasteiger partial charge >= 0.3 is 5.97 Å². The summed E-state index contributed by atoms with van der Waals surface area (Å²) >= 11 is 1.34. The molecule has 144 valence electrons. The molecule has 1 aliphatic rings. The van der Waals surface area contributed by atoms with Crippen molar-refractivity contribution in [2.24, 2.45) is 5.92 Å². The molecular weight excluding hydrogens is 366 g/mol. The summed E-state index contributed by atoms with van der Waals surface area (Å²) < 4.78 is 16.3. The lowest BCUT2D eigenvalue weighted by molar-refractivity contribution is -0.125. The lowest BCUT2D eigenvalue weighted by Crippen LogP contribution is -2.35. The number of nitrogens with one attached hydrogen (secondary N) is 1. The van der Waals surface area contributed by atoms with Crippen LogP contribution in [-0.2, 0) is 9.53 Å². The highest BCUT2D eigenvalue weighted by Crippen LogP contribution is 2.34. The van der Waals surface area contributed by atoms with Crippen LogP contribution >= 0.6 is 11.3 Å². The van der Waals surface area contributed by atoms with Gasteiger partial charge in [-0.15, -0.1) is 11.3 Å². The number of ether oxygens (including phenoxy) is 3. The Labute approximate surface area is 162 Å². The van der Waals surface area contributed by atoms with Crippen molar-refractivity contribution in [2.75, 3.05) is 19.8 Å². The Hall–Kier alpha value is -2.54. The van der Waals surface area contributed by atoms with Gasteiger partial charge in [-0.3, -0.25) is 4.79 Å². The molecule has 3 rings (SSSR count). The number of aryl methyl sites for hydroxylation is 1. The van der Waals surface area contributed by atoms with Gasteiger partial charge in [0.1, 0.15) is 18.1 Å². The van der Waals surface area contributed by atoms with Crippen molar-refractivity contribution < 1.29 is 23.8 Å². The maximum atomic E-state index is 12.3. The van der Waals surface area contributed by atoms with Gasteiger partial charge in [0, 0.05) is 4.88 Å². The summed E-state index contributed by atoms with van der Waals surface area (Å²) in [6.07, 6.45) is 0. The van der Waals surface area contributed by atoms with E-state index in [1.54, 1.807) is 6.07 Å². The van der Waals surface area contributed by atoms with Crippen molar-refractivity contribution in [2.45, 2.75) is 26.8 Å². The van der Waals surface area contributed by atoms with Crippen LogP contribution in [-0.4, -0.2) is 31.7 Å². The molecular formula is C20H23NO5S. The predicted molar refractivity (Wildman–Crippen MR) is 102 cm³/mol. The lowest BCUT2D eigenvalue weighted by Gasteiger charge is -2.25. The van der Waals surface area contributed by atoms with Gasteiger partial charge in [0.05, 0.1) is 6.04 Å². The number of hydrogen-bond acceptors (Lipinski definition) is 6. The summed E-state index contributed by atoms with van der Waals surface area (Å²) in [6.45, 7) is 6.67. The molecule has 0 saturated heterocycles. The number of rotatable bonds is 6. The summed E-state index contributed by atoms with van der Waals surface area (Å²) in [7, 11) is 0. The van der Waals surface area contributed by atoms with Gasteiger partial charge in [-0.2, -0.15) is 0 Å². The number of thiophene rings is 1. The molecule has 0 unspecified atom stereocenters. The van der Waals surface area contributed by atoms with Gasteiger partial charge in [0.25, 0.3) is 5.91 Å². The van der Waals surface area contributed by atoms with Crippen LogP contribution in [0.25, 0.3) is 0 Å². The zero-order valence-corrected chi connectivity index (χ0v) is 16.4. The van der Waals surface area contributed by atoms with Gasteiger partial charge in [-0.05, 0) is 42.7 Å². The van der Waals surface area contributed by atoms with Crippen molar-refractivity contribution in [3.05, 3.63) is 45.6 Å². The Bertz CT molecular complexity index is 830. The number of amides is 1. The summed E-state index contributed by atoms with van der Waals surface area (Å²) in [5.41, 5.74) is 0.919. The molecule has 1 N–H and O–H groups in total. The second kappa shape index (κ2) is 8.43. The van der Waals surface area contributed by atoms with E-state index in [0.717, 1.165) is 10.4 Å². The van der Waals surface area contributed by atoms with E-state index in [1.807, 2.05) is 45.0 Å². The number of hydrogen-bond donors (Lipinski definition) is 1. The summed E-state index contributed by atoms with van der Waals surface area (Å²) in [6, 6.07) is 8.98. The predicted octanol–water partition coefficient (Wildman–Crippen LogP) is 3.50. The van der Waals surface area contributed by atoms with Crippen LogP contribution in [0.4, 0.5) is 0 Å². The minimum absolute atomic E-state index is 0.146. The van der Waals surface area contributed by atoms with Gasteiger partial charge in [0.2, 0.25) is 0 Å². The van der Waals surface area contributed by atoms with Crippen molar-refractivity contribution in [1.82, 2.24) is 5.32 Å². The fourth-order valence-corrected chi connectivity index (χ4v) is 3.61. The van der Waals surface area contributed by atoms with Crippen LogP contribution in [0.3, 0.4) is 0 Å². The first-order valence-electron chi connectivity index (χ1n) is 8.86. The second-order valence-corrected chi connectivity index (χ2v) is 7.97. The number of carbonyl (C=O) groups excluding carboxylic acids is 2. The SMILES string of the molecule is Cc1ccc(C(=O)OCC(=O)N[C@H](c2ccc3c(c2)OCCO3)C(C)C)s1. The van der Waals surface area contributed by atoms with Crippen LogP contribution in [0.5, 0.6) is 11.5 Å². The third kappa shape index (κ3) is 4.80. The third-order valence-corrected chi connectivity index (χ3v) is 5.17. The van der Waals surface area contributed by atoms with Crippen molar-refractivity contribution in [3.8, 4) is 11.5 Å². The molecule has 2 aromatic rings. The second-order valence-electron chi connectivity index (χ2n) is 6.68. The van der Waals surface area contributed by atoms with Gasteiger partial charge in [-0.25, -0.2) is 4.79 Å². The number of carbonyl (C=O) groups is 2. The van der Waals surface area contributed by atoms with E-state index in [2.05, 4.69) is 5.32 Å². The van der Waals surface area contributed by atoms with E-state index in [4.69, 9.17) is 14.2 Å². The largest absolute Gasteiger partial charge is 0.486 e. The molecule has 0 radical (unpaired) electrons. The standard InChI is InChI=1S/C20H23NO5S/c1-12(2)19(14-5-6-15-16(10-14)25-9-8-24-15)21-18(22)11-26-20(23)17-7-4-13(3)27-17/h4-7,10,12,19H,8-9,11H2,1-3H3,(H,21,22)/t19-/m0/s1. The van der Waals surface area contributed by atoms with E-state index < -0.39 is 5.97 Å². The van der Waals surface area contributed by atoms with E-state index in [1.165, 1.54) is 11.3 Å². The average Bonchev–Trinajstić information content (AvgIpc) is 3.10. The fraction of sp³-hybridized carbons (Fsp3) is 0.400. The van der Waals surface area contributed by atoms with Crippen molar-refractivity contribution in [3.63, 3.8) is 0 Å². The Kier molecular flexibility index (Phi) is 6.01. The Morgan fingerprint density at radius 1 is 1.15 bits per heavy atom. The Morgan fingerprint density at radius 3 is 2.56 bits per heavy atom. The molecule has 1 aromatic carbocycles. The molecule has 6 nitrogen and oxygen atoms in total. The van der Waals surface area contributed by atoms with Crippen LogP contribution in [0.2, 0.25) is 0 Å². The molecule has 7 heteroatoms. The quantitative estimate of drug-likeness (QED) is 0.766. The minimum Gasteiger partial charge on any atom is -0.486 e. The van der Waals surface area contributed by atoms with Crippen LogP contribution in [0, 0.1) is 12.8 Å². The summed E-state index contributed by atoms with van der Waals surface area (Å²) in [4.78, 5) is 25.8. The first-order chi connectivity index (χ1) is 12.9. The first kappa shape index (κ1) is 19.2. The number of benzene rings is 1. The Balaban J connectivity index is 1.62. The van der Waals surface area contributed by atoms with Crippen molar-refractivity contribution >= 4 is 23.2 Å². The third-order valence-electron chi connectivity index (χ3n) is 4.18. The zero-order chi connectivity index (χ0) is 19.4. The molecule has 0 bridgehead atoms. The van der Waals surface area contributed by atoms with E-state index in [-0.39, 0.29) is 24.5 Å². The molecule has 1 atom stereocenters. The lowest BCUT2D eigenvalue weighted by atomic mass is 9.95. The molecule has 0 fully saturated rings. The van der Waals surface area contributed by atoms with Crippen LogP contribution in [0.15, 0.2) is 30.3 Å². The minimum atomic E-state index is -0.483. The maximum Gasteiger partial charge on any atom is 0.348 e. The van der Waals surface area contributed by atoms with E-state index >= 15 is 0 Å². The molecule has 1 aliphatic heterocycles. The van der Waals surface area contributed by atoms with Crippen LogP contribution < -0.4 is 14.8 Å². The monoisotopic (exact) mass is 389 g/mol. The maximum absolute atomic E-state index is 12.3. The molecule has 0 saturated carbocycles. The molecule has 1 amide bonds. The van der Waals surface area contributed by atoms with Gasteiger partial charge < -0.3 is 19.5 Å². The van der Waals surface area contributed by atoms with Gasteiger partial charge in [0.15, 0.2) is 18.1 Å². The topological polar surface area (TPSA) is 73.9 Å². The summed E-state index contributed by atoms with van der Waals surface area (Å²) in [5, 5.41) is 2.94. The van der Waals surface area contributed by atoms with Crippen LogP contribution in [0.1, 0.15) is 40.0 Å². The van der Waals surface area contributed by atoms with E-state index in [0.29, 0.717) is 29.6 Å². The average molecular weight is 389 g/mol. The smallest absolute Gasteiger partial charge is 0.348 e. The zero-order valence-electron chi connectivity index (χ0n) is 15.6. The molecule has 1 aromatic heterocycles. The highest BCUT2D eigenvalue weighted by atomic mass is 32.1. The molecule has 0 aliphatic carbocycles. The number of fused-ring (bicyclic) bond motifs is 1. The van der Waals surface area contributed by atoms with Gasteiger partial charge in [-0.1, -0.05) is 19.9 Å².